The standard InChI is InChI=1S/C15H28N2O2/c1-2-9-16-13-5-7-14(8-6-13)17-15(18)12-4-3-10-19-11-12/h12-14,16H,2-11H2,1H3,(H,17,18). The maximum atomic E-state index is 12.1. The second-order valence-electron chi connectivity index (χ2n) is 5.93. The minimum atomic E-state index is 0.0877. The van der Waals surface area contributed by atoms with Gasteiger partial charge in [-0.15, -0.1) is 0 Å². The van der Waals surface area contributed by atoms with Gasteiger partial charge in [0.05, 0.1) is 12.5 Å². The molecule has 1 saturated heterocycles. The SMILES string of the molecule is CCCNC1CCC(NC(=O)C2CCCOC2)CC1. The Hall–Kier alpha value is -0.610. The van der Waals surface area contributed by atoms with Crippen molar-refractivity contribution in [2.45, 2.75) is 64.0 Å². The van der Waals surface area contributed by atoms with E-state index in [9.17, 15) is 4.79 Å². The number of nitrogens with one attached hydrogen (secondary N) is 2. The normalized spacial score (nSPS) is 31.9. The molecule has 1 amide bonds. The van der Waals surface area contributed by atoms with E-state index < -0.39 is 0 Å². The Morgan fingerprint density at radius 1 is 1.16 bits per heavy atom. The molecule has 0 aromatic carbocycles. The number of rotatable bonds is 5. The predicted octanol–water partition coefficient (Wildman–Crippen LogP) is 1.84. The van der Waals surface area contributed by atoms with E-state index in [1.54, 1.807) is 0 Å². The summed E-state index contributed by atoms with van der Waals surface area (Å²) in [6, 6.07) is 1.04. The molecule has 0 spiro atoms. The van der Waals surface area contributed by atoms with Crippen LogP contribution in [0.15, 0.2) is 0 Å². The number of hydrogen-bond donors (Lipinski definition) is 2. The third-order valence-electron chi connectivity index (χ3n) is 4.29. The van der Waals surface area contributed by atoms with Crippen molar-refractivity contribution in [3.63, 3.8) is 0 Å². The first-order valence-electron chi connectivity index (χ1n) is 7.91. The van der Waals surface area contributed by atoms with Crippen molar-refractivity contribution in [3.8, 4) is 0 Å². The quantitative estimate of drug-likeness (QED) is 0.800. The lowest BCUT2D eigenvalue weighted by molar-refractivity contribution is -0.129. The molecule has 2 fully saturated rings. The zero-order valence-corrected chi connectivity index (χ0v) is 12.1. The molecule has 2 rings (SSSR count). The van der Waals surface area contributed by atoms with Crippen molar-refractivity contribution in [1.82, 2.24) is 10.6 Å². The maximum absolute atomic E-state index is 12.1. The second kappa shape index (κ2) is 7.85. The van der Waals surface area contributed by atoms with E-state index in [1.165, 1.54) is 19.3 Å². The summed E-state index contributed by atoms with van der Waals surface area (Å²) in [5.74, 6) is 0.300. The van der Waals surface area contributed by atoms with Gasteiger partial charge in [0, 0.05) is 18.7 Å². The Kier molecular flexibility index (Phi) is 6.11. The number of carbonyl (C=O) groups excluding carboxylic acids is 1. The molecule has 0 aromatic rings. The van der Waals surface area contributed by atoms with Crippen LogP contribution in [-0.4, -0.2) is 37.7 Å². The molecular formula is C15H28N2O2. The molecule has 110 valence electrons. The van der Waals surface area contributed by atoms with E-state index in [4.69, 9.17) is 4.74 Å². The van der Waals surface area contributed by atoms with Crippen LogP contribution < -0.4 is 10.6 Å². The van der Waals surface area contributed by atoms with Crippen LogP contribution in [0.25, 0.3) is 0 Å². The van der Waals surface area contributed by atoms with Crippen LogP contribution in [0.2, 0.25) is 0 Å². The Morgan fingerprint density at radius 3 is 2.53 bits per heavy atom. The van der Waals surface area contributed by atoms with Gasteiger partial charge in [-0.25, -0.2) is 0 Å². The zero-order chi connectivity index (χ0) is 13.5. The molecule has 1 atom stereocenters. The van der Waals surface area contributed by atoms with Gasteiger partial charge in [-0.05, 0) is 51.5 Å². The summed E-state index contributed by atoms with van der Waals surface area (Å²) < 4.78 is 5.38. The van der Waals surface area contributed by atoms with Crippen LogP contribution in [0.4, 0.5) is 0 Å². The smallest absolute Gasteiger partial charge is 0.225 e. The van der Waals surface area contributed by atoms with Gasteiger partial charge in [-0.3, -0.25) is 4.79 Å². The summed E-state index contributed by atoms with van der Waals surface area (Å²) >= 11 is 0. The number of carbonyl (C=O) groups is 1. The van der Waals surface area contributed by atoms with Gasteiger partial charge < -0.3 is 15.4 Å². The largest absolute Gasteiger partial charge is 0.381 e. The molecule has 2 aliphatic rings. The van der Waals surface area contributed by atoms with Gasteiger partial charge in [-0.1, -0.05) is 6.92 Å². The van der Waals surface area contributed by atoms with Crippen LogP contribution in [-0.2, 0) is 9.53 Å². The van der Waals surface area contributed by atoms with E-state index in [2.05, 4.69) is 17.6 Å². The molecule has 1 heterocycles. The first kappa shape index (κ1) is 14.8. The first-order valence-corrected chi connectivity index (χ1v) is 7.91. The molecule has 1 aliphatic heterocycles. The molecule has 2 N–H and O–H groups in total. The Labute approximate surface area is 116 Å². The highest BCUT2D eigenvalue weighted by Crippen LogP contribution is 2.20. The van der Waals surface area contributed by atoms with Crippen molar-refractivity contribution in [3.05, 3.63) is 0 Å². The summed E-state index contributed by atoms with van der Waals surface area (Å²) in [4.78, 5) is 12.1. The third kappa shape index (κ3) is 4.77. The molecule has 1 aliphatic carbocycles. The molecule has 0 aromatic heterocycles. The molecule has 4 nitrogen and oxygen atoms in total. The highest BCUT2D eigenvalue weighted by molar-refractivity contribution is 5.79. The van der Waals surface area contributed by atoms with Crippen LogP contribution in [0.5, 0.6) is 0 Å². The summed E-state index contributed by atoms with van der Waals surface area (Å²) in [7, 11) is 0. The van der Waals surface area contributed by atoms with E-state index in [0.717, 1.165) is 38.8 Å². The van der Waals surface area contributed by atoms with Gasteiger partial charge in [-0.2, -0.15) is 0 Å². The Balaban J connectivity index is 1.65. The van der Waals surface area contributed by atoms with Gasteiger partial charge >= 0.3 is 0 Å². The van der Waals surface area contributed by atoms with Gasteiger partial charge in [0.25, 0.3) is 0 Å². The third-order valence-corrected chi connectivity index (χ3v) is 4.29. The van der Waals surface area contributed by atoms with E-state index in [1.807, 2.05) is 0 Å². The number of hydrogen-bond acceptors (Lipinski definition) is 3. The molecule has 19 heavy (non-hydrogen) atoms. The Morgan fingerprint density at radius 2 is 1.89 bits per heavy atom. The Bertz CT molecular complexity index is 269. The summed E-state index contributed by atoms with van der Waals surface area (Å²) in [5, 5.41) is 6.79. The van der Waals surface area contributed by atoms with Crippen LogP contribution in [0.3, 0.4) is 0 Å². The van der Waals surface area contributed by atoms with Gasteiger partial charge in [0.15, 0.2) is 0 Å². The number of ether oxygens (including phenoxy) is 1. The summed E-state index contributed by atoms with van der Waals surface area (Å²) in [5.41, 5.74) is 0. The second-order valence-corrected chi connectivity index (χ2v) is 5.93. The van der Waals surface area contributed by atoms with Crippen molar-refractivity contribution in [2.24, 2.45) is 5.92 Å². The van der Waals surface area contributed by atoms with Gasteiger partial charge in [0.2, 0.25) is 5.91 Å². The summed E-state index contributed by atoms with van der Waals surface area (Å²) in [6.07, 6.45) is 7.79. The van der Waals surface area contributed by atoms with Crippen molar-refractivity contribution < 1.29 is 9.53 Å². The van der Waals surface area contributed by atoms with Crippen LogP contribution in [0.1, 0.15) is 51.9 Å². The topological polar surface area (TPSA) is 50.4 Å². The predicted molar refractivity (Wildman–Crippen MR) is 76.0 cm³/mol. The zero-order valence-electron chi connectivity index (χ0n) is 12.1. The van der Waals surface area contributed by atoms with E-state index in [0.29, 0.717) is 18.7 Å². The monoisotopic (exact) mass is 268 g/mol. The number of amides is 1. The molecular weight excluding hydrogens is 240 g/mol. The fourth-order valence-corrected chi connectivity index (χ4v) is 3.06. The molecule has 1 unspecified atom stereocenters. The average Bonchev–Trinajstić information content (AvgIpc) is 2.47. The maximum Gasteiger partial charge on any atom is 0.225 e. The van der Waals surface area contributed by atoms with Crippen LogP contribution >= 0.6 is 0 Å². The molecule has 0 bridgehead atoms. The molecule has 1 saturated carbocycles. The van der Waals surface area contributed by atoms with Crippen LogP contribution in [0, 0.1) is 5.92 Å². The lowest BCUT2D eigenvalue weighted by Gasteiger charge is -2.31. The van der Waals surface area contributed by atoms with Gasteiger partial charge in [0.1, 0.15) is 0 Å². The molecule has 0 radical (unpaired) electrons. The average molecular weight is 268 g/mol. The highest BCUT2D eigenvalue weighted by Gasteiger charge is 2.26. The molecule has 4 heteroatoms. The van der Waals surface area contributed by atoms with Crippen molar-refractivity contribution in [2.75, 3.05) is 19.8 Å². The lowest BCUT2D eigenvalue weighted by Crippen LogP contribution is -2.45. The highest BCUT2D eigenvalue weighted by atomic mass is 16.5. The summed E-state index contributed by atoms with van der Waals surface area (Å²) in [6.45, 7) is 4.74. The van der Waals surface area contributed by atoms with E-state index in [-0.39, 0.29) is 11.8 Å². The van der Waals surface area contributed by atoms with E-state index >= 15 is 0 Å². The minimum Gasteiger partial charge on any atom is -0.381 e. The fraction of sp³-hybridized carbons (Fsp3) is 0.933. The fourth-order valence-electron chi connectivity index (χ4n) is 3.06. The lowest BCUT2D eigenvalue weighted by atomic mass is 9.90. The van der Waals surface area contributed by atoms with Crippen molar-refractivity contribution in [1.29, 1.82) is 0 Å². The van der Waals surface area contributed by atoms with Crippen molar-refractivity contribution >= 4 is 5.91 Å². The first-order chi connectivity index (χ1) is 9.29. The minimum absolute atomic E-state index is 0.0877.